The molecule has 0 unspecified atom stereocenters. The zero-order valence-electron chi connectivity index (χ0n) is 20.5. The first-order chi connectivity index (χ1) is 18.4. The van der Waals surface area contributed by atoms with Gasteiger partial charge in [-0.2, -0.15) is 10.2 Å². The molecule has 0 saturated heterocycles. The maximum Gasteiger partial charge on any atom is 0.277 e. The molecule has 0 aliphatic heterocycles. The van der Waals surface area contributed by atoms with Gasteiger partial charge in [0.2, 0.25) is 0 Å². The number of hydrazone groups is 2. The minimum absolute atomic E-state index is 0.212. The van der Waals surface area contributed by atoms with Crippen molar-refractivity contribution in [2.75, 3.05) is 27.4 Å². The first kappa shape index (κ1) is 27.8. The summed E-state index contributed by atoms with van der Waals surface area (Å²) in [6.45, 7) is -0.546. The Bertz CT molecular complexity index is 1200. The Morgan fingerprint density at radius 2 is 1.13 bits per heavy atom. The number of carbonyl (C=O) groups is 2. The van der Waals surface area contributed by atoms with Crippen molar-refractivity contribution in [2.45, 2.75) is 0 Å². The molecule has 2 amide bonds. The molecule has 3 aromatic carbocycles. The Kier molecular flexibility index (Phi) is 10.3. The van der Waals surface area contributed by atoms with E-state index in [1.165, 1.54) is 24.6 Å². The highest BCUT2D eigenvalue weighted by molar-refractivity contribution is 6.31. The molecular weight excluding hydrogens is 516 g/mol. The normalized spacial score (nSPS) is 10.8. The van der Waals surface area contributed by atoms with Crippen molar-refractivity contribution < 1.29 is 33.6 Å². The zero-order chi connectivity index (χ0) is 27.3. The van der Waals surface area contributed by atoms with Crippen molar-refractivity contribution in [3.63, 3.8) is 0 Å². The van der Waals surface area contributed by atoms with E-state index >= 15 is 0 Å². The van der Waals surface area contributed by atoms with Gasteiger partial charge in [-0.3, -0.25) is 9.59 Å². The van der Waals surface area contributed by atoms with Crippen LogP contribution < -0.4 is 29.8 Å². The maximum absolute atomic E-state index is 12.0. The number of rotatable bonds is 12. The number of aromatic hydroxyl groups is 1. The van der Waals surface area contributed by atoms with E-state index < -0.39 is 11.8 Å². The lowest BCUT2D eigenvalue weighted by Crippen LogP contribution is -2.24. The molecule has 0 bridgehead atoms. The Labute approximate surface area is 223 Å². The average Bonchev–Trinajstić information content (AvgIpc) is 2.93. The third kappa shape index (κ3) is 8.71. The van der Waals surface area contributed by atoms with Gasteiger partial charge in [-0.1, -0.05) is 11.6 Å². The molecule has 12 heteroatoms. The van der Waals surface area contributed by atoms with Gasteiger partial charge < -0.3 is 24.1 Å². The van der Waals surface area contributed by atoms with Gasteiger partial charge in [-0.15, -0.1) is 0 Å². The minimum atomic E-state index is -0.514. The summed E-state index contributed by atoms with van der Waals surface area (Å²) in [7, 11) is 3.10. The monoisotopic (exact) mass is 540 g/mol. The number of halogens is 1. The van der Waals surface area contributed by atoms with Crippen molar-refractivity contribution in [2.24, 2.45) is 10.2 Å². The summed E-state index contributed by atoms with van der Waals surface area (Å²) in [6.07, 6.45) is 2.43. The number of phenolic OH excluding ortho intramolecular Hbond substituents is 1. The number of nitrogens with one attached hydrogen (secondary N) is 2. The first-order valence-corrected chi connectivity index (χ1v) is 11.5. The van der Waals surface area contributed by atoms with Crippen LogP contribution in [0.5, 0.6) is 28.7 Å². The molecule has 0 aromatic heterocycles. The smallest absolute Gasteiger partial charge is 0.277 e. The molecule has 3 rings (SSSR count). The van der Waals surface area contributed by atoms with Gasteiger partial charge in [0.1, 0.15) is 28.7 Å². The number of methoxy groups -OCH3 is 2. The minimum Gasteiger partial charge on any atom is -0.507 e. The number of amides is 2. The molecule has 0 radical (unpaired) electrons. The van der Waals surface area contributed by atoms with Crippen molar-refractivity contribution in [3.8, 4) is 28.7 Å². The van der Waals surface area contributed by atoms with E-state index in [1.807, 2.05) is 0 Å². The second kappa shape index (κ2) is 14.1. The van der Waals surface area contributed by atoms with Gasteiger partial charge in [0.05, 0.1) is 26.6 Å². The predicted molar refractivity (Wildman–Crippen MR) is 142 cm³/mol. The molecule has 0 aliphatic rings. The molecule has 38 heavy (non-hydrogen) atoms. The van der Waals surface area contributed by atoms with E-state index in [4.69, 9.17) is 30.5 Å². The van der Waals surface area contributed by atoms with Gasteiger partial charge in [0, 0.05) is 16.1 Å². The summed E-state index contributed by atoms with van der Waals surface area (Å²) in [6, 6.07) is 16.4. The molecule has 3 N–H and O–H groups in total. The molecule has 0 atom stereocenters. The third-order valence-electron chi connectivity index (χ3n) is 4.78. The predicted octanol–water partition coefficient (Wildman–Crippen LogP) is 3.12. The van der Waals surface area contributed by atoms with Crippen molar-refractivity contribution in [1.82, 2.24) is 10.9 Å². The second-order valence-electron chi connectivity index (χ2n) is 7.45. The molecule has 198 valence electrons. The summed E-state index contributed by atoms with van der Waals surface area (Å²) in [5.74, 6) is 1.06. The van der Waals surface area contributed by atoms with Crippen LogP contribution in [0.2, 0.25) is 5.02 Å². The largest absolute Gasteiger partial charge is 0.507 e. The van der Waals surface area contributed by atoms with Crippen LogP contribution in [0, 0.1) is 0 Å². The summed E-state index contributed by atoms with van der Waals surface area (Å²) >= 11 is 6.12. The molecular formula is C26H25ClN4O7. The molecule has 0 fully saturated rings. The zero-order valence-corrected chi connectivity index (χ0v) is 21.3. The summed E-state index contributed by atoms with van der Waals surface area (Å²) in [5, 5.41) is 18.4. The van der Waals surface area contributed by atoms with Crippen LogP contribution >= 0.6 is 11.6 Å². The number of hydrogen-bond donors (Lipinski definition) is 3. The summed E-state index contributed by atoms with van der Waals surface area (Å²) in [5.41, 5.74) is 5.02. The lowest BCUT2D eigenvalue weighted by atomic mass is 10.1. The standard InChI is InChI=1S/C26H25ClN4O7/c1-35-20-3-7-22(8-4-20)37-15-24(32)30-28-13-17-11-19(27)12-18(26(17)34)14-29-31-25(33)16-38-23-9-5-21(36-2)6-10-23/h3-14,34H,15-16H2,1-2H3,(H,30,32)(H,31,33). The lowest BCUT2D eigenvalue weighted by molar-refractivity contribution is -0.123. The van der Waals surface area contributed by atoms with Crippen LogP contribution in [0.1, 0.15) is 11.1 Å². The molecule has 0 aliphatic carbocycles. The topological polar surface area (TPSA) is 140 Å². The number of phenols is 1. The Morgan fingerprint density at radius 1 is 0.763 bits per heavy atom. The average molecular weight is 541 g/mol. The summed E-state index contributed by atoms with van der Waals surface area (Å²) < 4.78 is 20.9. The van der Waals surface area contributed by atoms with Crippen LogP contribution in [0.15, 0.2) is 70.9 Å². The first-order valence-electron chi connectivity index (χ1n) is 11.1. The highest BCUT2D eigenvalue weighted by atomic mass is 35.5. The SMILES string of the molecule is COc1ccc(OCC(=O)NN=Cc2cc(Cl)cc(C=NNC(=O)COc3ccc(OC)cc3)c2O)cc1. The van der Waals surface area contributed by atoms with Crippen molar-refractivity contribution in [3.05, 3.63) is 76.8 Å². The molecule has 11 nitrogen and oxygen atoms in total. The third-order valence-corrected chi connectivity index (χ3v) is 5.00. The quantitative estimate of drug-likeness (QED) is 0.237. The Hall–Kier alpha value is -4.77. The number of benzene rings is 3. The maximum atomic E-state index is 12.0. The van der Waals surface area contributed by atoms with Gasteiger partial charge in [-0.25, -0.2) is 10.9 Å². The summed E-state index contributed by atoms with van der Waals surface area (Å²) in [4.78, 5) is 24.0. The number of nitrogens with zero attached hydrogens (tertiary/aromatic N) is 2. The van der Waals surface area contributed by atoms with Gasteiger partial charge in [-0.05, 0) is 60.7 Å². The van der Waals surface area contributed by atoms with Gasteiger partial charge >= 0.3 is 0 Å². The van der Waals surface area contributed by atoms with E-state index in [0.717, 1.165) is 0 Å². The number of carbonyl (C=O) groups excluding carboxylic acids is 2. The fourth-order valence-electron chi connectivity index (χ4n) is 2.89. The van der Waals surface area contributed by atoms with Gasteiger partial charge in [0.15, 0.2) is 13.2 Å². The molecule has 0 saturated carbocycles. The Balaban J connectivity index is 1.49. The highest BCUT2D eigenvalue weighted by Crippen LogP contribution is 2.25. The molecule has 0 heterocycles. The van der Waals surface area contributed by atoms with Gasteiger partial charge in [0.25, 0.3) is 11.8 Å². The number of ether oxygens (including phenoxy) is 4. The van der Waals surface area contributed by atoms with E-state index in [0.29, 0.717) is 23.0 Å². The fourth-order valence-corrected chi connectivity index (χ4v) is 3.13. The highest BCUT2D eigenvalue weighted by Gasteiger charge is 2.08. The van der Waals surface area contributed by atoms with Crippen LogP contribution in [0.3, 0.4) is 0 Å². The second-order valence-corrected chi connectivity index (χ2v) is 7.88. The van der Waals surface area contributed by atoms with Crippen molar-refractivity contribution in [1.29, 1.82) is 0 Å². The van der Waals surface area contributed by atoms with E-state index in [1.54, 1.807) is 62.8 Å². The molecule has 3 aromatic rings. The van der Waals surface area contributed by atoms with E-state index in [-0.39, 0.29) is 35.1 Å². The van der Waals surface area contributed by atoms with Crippen LogP contribution in [-0.2, 0) is 9.59 Å². The fraction of sp³-hybridized carbons (Fsp3) is 0.154. The molecule has 0 spiro atoms. The van der Waals surface area contributed by atoms with Crippen molar-refractivity contribution >= 4 is 35.8 Å². The van der Waals surface area contributed by atoms with Crippen LogP contribution in [-0.4, -0.2) is 56.8 Å². The lowest BCUT2D eigenvalue weighted by Gasteiger charge is -2.07. The Morgan fingerprint density at radius 3 is 1.50 bits per heavy atom. The van der Waals surface area contributed by atoms with Crippen LogP contribution in [0.25, 0.3) is 0 Å². The number of hydrogen-bond acceptors (Lipinski definition) is 9. The van der Waals surface area contributed by atoms with Crippen LogP contribution in [0.4, 0.5) is 0 Å². The van der Waals surface area contributed by atoms with E-state index in [9.17, 15) is 14.7 Å². The van der Waals surface area contributed by atoms with E-state index in [2.05, 4.69) is 21.1 Å².